The van der Waals surface area contributed by atoms with Crippen LogP contribution in [-0.2, 0) is 0 Å². The first-order chi connectivity index (χ1) is 6.45. The monoisotopic (exact) mass is 172 g/mol. The van der Waals surface area contributed by atoms with E-state index in [9.17, 15) is 0 Å². The van der Waals surface area contributed by atoms with Crippen molar-refractivity contribution < 1.29 is 0 Å². The largest absolute Gasteiger partial charge is 0.389 e. The fourth-order valence-corrected chi connectivity index (χ4v) is 2.18. The van der Waals surface area contributed by atoms with Gasteiger partial charge >= 0.3 is 0 Å². The summed E-state index contributed by atoms with van der Waals surface area (Å²) in [6.45, 7) is 1.09. The van der Waals surface area contributed by atoms with Gasteiger partial charge in [0.1, 0.15) is 0 Å². The highest BCUT2D eigenvalue weighted by molar-refractivity contribution is 5.65. The molecule has 2 N–H and O–H groups in total. The van der Waals surface area contributed by atoms with E-state index in [2.05, 4.69) is 41.1 Å². The molecule has 1 unspecified atom stereocenters. The van der Waals surface area contributed by atoms with Crippen LogP contribution < -0.4 is 10.6 Å². The molecule has 2 heteroatoms. The lowest BCUT2D eigenvalue weighted by Gasteiger charge is -2.18. The molecule has 2 aliphatic heterocycles. The van der Waals surface area contributed by atoms with Gasteiger partial charge in [0.05, 0.1) is 0 Å². The fourth-order valence-electron chi connectivity index (χ4n) is 2.18. The Balaban J connectivity index is 2.12. The first-order valence-electron chi connectivity index (χ1n) is 4.74. The number of anilines is 1. The van der Waals surface area contributed by atoms with Crippen LogP contribution in [0.2, 0.25) is 0 Å². The molecule has 2 nitrogen and oxygen atoms in total. The molecule has 0 aliphatic carbocycles. The zero-order valence-electron chi connectivity index (χ0n) is 7.38. The molecule has 1 atom stereocenters. The highest BCUT2D eigenvalue weighted by Gasteiger charge is 2.27. The van der Waals surface area contributed by atoms with Gasteiger partial charge in [-0.25, -0.2) is 0 Å². The molecule has 0 radical (unpaired) electrons. The molecule has 0 fully saturated rings. The van der Waals surface area contributed by atoms with Crippen molar-refractivity contribution in [2.45, 2.75) is 12.3 Å². The van der Waals surface area contributed by atoms with Crippen molar-refractivity contribution in [3.8, 4) is 0 Å². The van der Waals surface area contributed by atoms with Gasteiger partial charge in [-0.05, 0) is 18.1 Å². The number of benzene rings is 1. The summed E-state index contributed by atoms with van der Waals surface area (Å²) in [5.41, 5.74) is 4.06. The number of fused-ring (bicyclic) bond motifs is 3. The molecule has 3 rings (SSSR count). The Kier molecular flexibility index (Phi) is 1.36. The van der Waals surface area contributed by atoms with Crippen LogP contribution in [0.1, 0.15) is 17.9 Å². The van der Waals surface area contributed by atoms with E-state index in [0.29, 0.717) is 5.92 Å². The molecular formula is C11H12N2. The highest BCUT2D eigenvalue weighted by Crippen LogP contribution is 2.40. The Labute approximate surface area is 77.7 Å². The van der Waals surface area contributed by atoms with E-state index in [4.69, 9.17) is 0 Å². The summed E-state index contributed by atoms with van der Waals surface area (Å²) >= 11 is 0. The number of allylic oxidation sites excluding steroid dienone is 1. The summed E-state index contributed by atoms with van der Waals surface area (Å²) in [5.74, 6) is 0.609. The van der Waals surface area contributed by atoms with E-state index in [0.717, 1.165) is 6.54 Å². The van der Waals surface area contributed by atoms with Crippen LogP contribution in [0.4, 0.5) is 5.69 Å². The molecule has 0 bridgehead atoms. The average Bonchev–Trinajstić information content (AvgIpc) is 2.56. The number of nitrogens with one attached hydrogen (secondary N) is 2. The van der Waals surface area contributed by atoms with Gasteiger partial charge in [-0.15, -0.1) is 0 Å². The van der Waals surface area contributed by atoms with E-state index >= 15 is 0 Å². The first kappa shape index (κ1) is 7.01. The summed E-state index contributed by atoms with van der Waals surface area (Å²) in [4.78, 5) is 0. The van der Waals surface area contributed by atoms with Crippen molar-refractivity contribution in [1.82, 2.24) is 5.32 Å². The lowest BCUT2D eigenvalue weighted by molar-refractivity contribution is 0.643. The Morgan fingerprint density at radius 1 is 1.23 bits per heavy atom. The third kappa shape index (κ3) is 0.949. The first-order valence-corrected chi connectivity index (χ1v) is 4.74. The SMILES string of the molecule is C1=C2Nc3ccccc3C2CCN1. The smallest absolute Gasteiger partial charge is 0.0421 e. The minimum Gasteiger partial charge on any atom is -0.389 e. The topological polar surface area (TPSA) is 24.1 Å². The summed E-state index contributed by atoms with van der Waals surface area (Å²) in [7, 11) is 0. The molecule has 13 heavy (non-hydrogen) atoms. The van der Waals surface area contributed by atoms with Crippen molar-refractivity contribution in [2.24, 2.45) is 0 Å². The van der Waals surface area contributed by atoms with E-state index in [1.165, 1.54) is 23.4 Å². The number of hydrogen-bond donors (Lipinski definition) is 2. The predicted molar refractivity (Wildman–Crippen MR) is 53.5 cm³/mol. The van der Waals surface area contributed by atoms with Gasteiger partial charge in [0.25, 0.3) is 0 Å². The molecule has 0 amide bonds. The fraction of sp³-hybridized carbons (Fsp3) is 0.273. The number of hydrogen-bond acceptors (Lipinski definition) is 2. The van der Waals surface area contributed by atoms with Crippen molar-refractivity contribution in [1.29, 1.82) is 0 Å². The van der Waals surface area contributed by atoms with Crippen molar-refractivity contribution in [3.63, 3.8) is 0 Å². The lowest BCUT2D eigenvalue weighted by atomic mass is 9.94. The van der Waals surface area contributed by atoms with Gasteiger partial charge in [0.15, 0.2) is 0 Å². The summed E-state index contributed by atoms with van der Waals surface area (Å²) < 4.78 is 0. The number of rotatable bonds is 0. The van der Waals surface area contributed by atoms with Gasteiger partial charge in [-0.3, -0.25) is 0 Å². The summed E-state index contributed by atoms with van der Waals surface area (Å²) in [6, 6.07) is 8.57. The zero-order valence-corrected chi connectivity index (χ0v) is 7.38. The molecule has 66 valence electrons. The minimum atomic E-state index is 0.609. The minimum absolute atomic E-state index is 0.609. The van der Waals surface area contributed by atoms with Crippen molar-refractivity contribution in [2.75, 3.05) is 11.9 Å². The molecule has 2 aliphatic rings. The van der Waals surface area contributed by atoms with Gasteiger partial charge in [0.2, 0.25) is 0 Å². The second kappa shape index (κ2) is 2.52. The zero-order chi connectivity index (χ0) is 8.67. The van der Waals surface area contributed by atoms with Gasteiger partial charge in [0, 0.05) is 30.0 Å². The van der Waals surface area contributed by atoms with Crippen LogP contribution >= 0.6 is 0 Å². The third-order valence-corrected chi connectivity index (χ3v) is 2.83. The quantitative estimate of drug-likeness (QED) is 0.625. The maximum Gasteiger partial charge on any atom is 0.0421 e. The Hall–Kier alpha value is -1.44. The molecule has 0 spiro atoms. The van der Waals surface area contributed by atoms with E-state index in [-0.39, 0.29) is 0 Å². The third-order valence-electron chi connectivity index (χ3n) is 2.83. The summed E-state index contributed by atoms with van der Waals surface area (Å²) in [5, 5.41) is 6.70. The van der Waals surface area contributed by atoms with Gasteiger partial charge < -0.3 is 10.6 Å². The van der Waals surface area contributed by atoms with Gasteiger partial charge in [-0.1, -0.05) is 18.2 Å². The molecule has 1 aromatic carbocycles. The Morgan fingerprint density at radius 3 is 3.15 bits per heavy atom. The van der Waals surface area contributed by atoms with E-state index in [1.807, 2.05) is 0 Å². The predicted octanol–water partition coefficient (Wildman–Crippen LogP) is 2.03. The van der Waals surface area contributed by atoms with Crippen LogP contribution in [0.3, 0.4) is 0 Å². The molecule has 2 heterocycles. The van der Waals surface area contributed by atoms with Crippen molar-refractivity contribution in [3.05, 3.63) is 41.7 Å². The lowest BCUT2D eigenvalue weighted by Crippen LogP contribution is -2.19. The Bertz CT molecular complexity index is 368. The second-order valence-electron chi connectivity index (χ2n) is 3.61. The standard InChI is InChI=1S/C11H12N2/c1-2-4-10-8(3-1)9-5-6-12-7-11(9)13-10/h1-4,7,9,12-13H,5-6H2. The van der Waals surface area contributed by atoms with Gasteiger partial charge in [-0.2, -0.15) is 0 Å². The normalized spacial score (nSPS) is 23.7. The van der Waals surface area contributed by atoms with Crippen LogP contribution in [0.5, 0.6) is 0 Å². The maximum atomic E-state index is 3.44. The molecule has 0 aromatic heterocycles. The molecule has 0 saturated heterocycles. The molecule has 1 aromatic rings. The second-order valence-corrected chi connectivity index (χ2v) is 3.61. The van der Waals surface area contributed by atoms with Crippen LogP contribution in [-0.4, -0.2) is 6.54 Å². The number of para-hydroxylation sites is 1. The van der Waals surface area contributed by atoms with Crippen molar-refractivity contribution >= 4 is 5.69 Å². The van der Waals surface area contributed by atoms with E-state index in [1.54, 1.807) is 0 Å². The average molecular weight is 172 g/mol. The van der Waals surface area contributed by atoms with Crippen LogP contribution in [0.25, 0.3) is 0 Å². The Morgan fingerprint density at radius 2 is 2.15 bits per heavy atom. The highest BCUT2D eigenvalue weighted by atomic mass is 15.0. The molecular weight excluding hydrogens is 160 g/mol. The van der Waals surface area contributed by atoms with E-state index < -0.39 is 0 Å². The van der Waals surface area contributed by atoms with Crippen LogP contribution in [0.15, 0.2) is 36.2 Å². The molecule has 0 saturated carbocycles. The van der Waals surface area contributed by atoms with Crippen LogP contribution in [0, 0.1) is 0 Å². The summed E-state index contributed by atoms with van der Waals surface area (Å²) in [6.07, 6.45) is 3.31. The maximum absolute atomic E-state index is 3.44.